The Bertz CT molecular complexity index is 305. The average Bonchev–Trinajstić information content (AvgIpc) is 2.59. The molecule has 0 aliphatic rings. The molecule has 0 amide bonds. The highest BCUT2D eigenvalue weighted by Gasteiger charge is 2.09. The SMILES string of the molecule is CC(C)n1cnc(CCCCC(C)(C)C)c1. The maximum absolute atomic E-state index is 4.43. The summed E-state index contributed by atoms with van der Waals surface area (Å²) in [5.41, 5.74) is 1.71. The number of aromatic nitrogens is 2. The molecule has 1 aromatic rings. The molecule has 0 N–H and O–H groups in total. The van der Waals surface area contributed by atoms with Crippen LogP contribution < -0.4 is 0 Å². The van der Waals surface area contributed by atoms with Crippen molar-refractivity contribution >= 4 is 0 Å². The van der Waals surface area contributed by atoms with Gasteiger partial charge in [0, 0.05) is 12.2 Å². The maximum Gasteiger partial charge on any atom is 0.0951 e. The van der Waals surface area contributed by atoms with E-state index in [1.165, 1.54) is 25.0 Å². The van der Waals surface area contributed by atoms with Crippen LogP contribution in [0, 0.1) is 5.41 Å². The molecule has 0 aliphatic carbocycles. The lowest BCUT2D eigenvalue weighted by molar-refractivity contribution is 0.360. The van der Waals surface area contributed by atoms with Gasteiger partial charge >= 0.3 is 0 Å². The molecule has 0 saturated heterocycles. The van der Waals surface area contributed by atoms with E-state index in [9.17, 15) is 0 Å². The number of hydrogen-bond donors (Lipinski definition) is 0. The molecule has 0 fully saturated rings. The molecule has 2 nitrogen and oxygen atoms in total. The molecule has 1 heterocycles. The molecule has 16 heavy (non-hydrogen) atoms. The van der Waals surface area contributed by atoms with E-state index in [-0.39, 0.29) is 0 Å². The molecule has 0 aliphatic heterocycles. The third kappa shape index (κ3) is 4.82. The zero-order chi connectivity index (χ0) is 12.2. The van der Waals surface area contributed by atoms with Gasteiger partial charge in [-0.05, 0) is 38.5 Å². The first-order valence-corrected chi connectivity index (χ1v) is 6.41. The van der Waals surface area contributed by atoms with E-state index in [1.807, 2.05) is 6.33 Å². The molecule has 0 aromatic carbocycles. The molecule has 0 unspecified atom stereocenters. The summed E-state index contributed by atoms with van der Waals surface area (Å²) in [6, 6.07) is 0.524. The van der Waals surface area contributed by atoms with Crippen LogP contribution in [0.1, 0.15) is 65.6 Å². The van der Waals surface area contributed by atoms with Gasteiger partial charge in [-0.3, -0.25) is 0 Å². The molecule has 1 aromatic heterocycles. The first-order valence-electron chi connectivity index (χ1n) is 6.41. The van der Waals surface area contributed by atoms with Gasteiger partial charge in [0.15, 0.2) is 0 Å². The van der Waals surface area contributed by atoms with Crippen LogP contribution in [0.25, 0.3) is 0 Å². The monoisotopic (exact) mass is 222 g/mol. The Kier molecular flexibility index (Phi) is 4.57. The summed E-state index contributed by atoms with van der Waals surface area (Å²) in [5, 5.41) is 0. The number of hydrogen-bond acceptors (Lipinski definition) is 1. The lowest BCUT2D eigenvalue weighted by atomic mass is 9.89. The lowest BCUT2D eigenvalue weighted by Crippen LogP contribution is -2.04. The van der Waals surface area contributed by atoms with Crippen molar-refractivity contribution in [3.63, 3.8) is 0 Å². The zero-order valence-electron chi connectivity index (χ0n) is 11.5. The minimum Gasteiger partial charge on any atom is -0.335 e. The average molecular weight is 222 g/mol. The van der Waals surface area contributed by atoms with Gasteiger partial charge in [-0.2, -0.15) is 0 Å². The summed E-state index contributed by atoms with van der Waals surface area (Å²) in [4.78, 5) is 4.43. The molecule has 0 radical (unpaired) electrons. The van der Waals surface area contributed by atoms with E-state index >= 15 is 0 Å². The molecule has 92 valence electrons. The fourth-order valence-corrected chi connectivity index (χ4v) is 1.75. The van der Waals surface area contributed by atoms with E-state index in [0.29, 0.717) is 11.5 Å². The van der Waals surface area contributed by atoms with E-state index in [0.717, 1.165) is 6.42 Å². The van der Waals surface area contributed by atoms with E-state index in [1.54, 1.807) is 0 Å². The third-order valence-electron chi connectivity index (χ3n) is 2.86. The van der Waals surface area contributed by atoms with Gasteiger partial charge in [-0.15, -0.1) is 0 Å². The van der Waals surface area contributed by atoms with Crippen LogP contribution in [-0.2, 0) is 6.42 Å². The number of rotatable bonds is 5. The summed E-state index contributed by atoms with van der Waals surface area (Å²) in [7, 11) is 0. The van der Waals surface area contributed by atoms with Crippen LogP contribution in [0.2, 0.25) is 0 Å². The first kappa shape index (κ1) is 13.3. The summed E-state index contributed by atoms with van der Waals surface area (Å²) in [5.74, 6) is 0. The molecule has 0 atom stereocenters. The van der Waals surface area contributed by atoms with Crippen molar-refractivity contribution in [2.45, 2.75) is 66.3 Å². The Balaban J connectivity index is 2.27. The smallest absolute Gasteiger partial charge is 0.0951 e. The Labute approximate surface area is 100 Å². The topological polar surface area (TPSA) is 17.8 Å². The van der Waals surface area contributed by atoms with E-state index in [2.05, 4.69) is 50.4 Å². The Morgan fingerprint density at radius 3 is 2.44 bits per heavy atom. The second-order valence-electron chi connectivity index (χ2n) is 6.17. The summed E-state index contributed by atoms with van der Waals surface area (Å²) < 4.78 is 2.18. The fraction of sp³-hybridized carbons (Fsp3) is 0.786. The molecule has 1 rings (SSSR count). The minimum atomic E-state index is 0.470. The Hall–Kier alpha value is -0.790. The molecule has 0 saturated carbocycles. The number of imidazole rings is 1. The van der Waals surface area contributed by atoms with Crippen molar-refractivity contribution in [3.05, 3.63) is 18.2 Å². The van der Waals surface area contributed by atoms with Gasteiger partial charge in [0.25, 0.3) is 0 Å². The van der Waals surface area contributed by atoms with Crippen LogP contribution in [-0.4, -0.2) is 9.55 Å². The quantitative estimate of drug-likeness (QED) is 0.682. The van der Waals surface area contributed by atoms with Gasteiger partial charge in [0.05, 0.1) is 12.0 Å². The van der Waals surface area contributed by atoms with Gasteiger partial charge in [0.2, 0.25) is 0 Å². The van der Waals surface area contributed by atoms with Crippen molar-refractivity contribution in [3.8, 4) is 0 Å². The normalized spacial score (nSPS) is 12.4. The predicted octanol–water partition coefficient (Wildman–Crippen LogP) is 4.22. The molecule has 0 spiro atoms. The first-order chi connectivity index (χ1) is 7.38. The van der Waals surface area contributed by atoms with Crippen molar-refractivity contribution in [1.29, 1.82) is 0 Å². The third-order valence-corrected chi connectivity index (χ3v) is 2.86. The summed E-state index contributed by atoms with van der Waals surface area (Å²) in [6.07, 6.45) is 9.11. The van der Waals surface area contributed by atoms with Gasteiger partial charge in [0.1, 0.15) is 0 Å². The highest BCUT2D eigenvalue weighted by molar-refractivity contribution is 4.97. The van der Waals surface area contributed by atoms with Crippen LogP contribution in [0.5, 0.6) is 0 Å². The van der Waals surface area contributed by atoms with Crippen LogP contribution in [0.4, 0.5) is 0 Å². The molecule has 0 bridgehead atoms. The van der Waals surface area contributed by atoms with Crippen molar-refractivity contribution in [2.75, 3.05) is 0 Å². The van der Waals surface area contributed by atoms with E-state index in [4.69, 9.17) is 0 Å². The fourth-order valence-electron chi connectivity index (χ4n) is 1.75. The number of aryl methyl sites for hydroxylation is 1. The van der Waals surface area contributed by atoms with Gasteiger partial charge in [-0.1, -0.05) is 27.2 Å². The van der Waals surface area contributed by atoms with Crippen LogP contribution >= 0.6 is 0 Å². The van der Waals surface area contributed by atoms with Crippen LogP contribution in [0.3, 0.4) is 0 Å². The van der Waals surface area contributed by atoms with Crippen LogP contribution in [0.15, 0.2) is 12.5 Å². The highest BCUT2D eigenvalue weighted by Crippen LogP contribution is 2.22. The minimum absolute atomic E-state index is 0.470. The lowest BCUT2D eigenvalue weighted by Gasteiger charge is -2.17. The van der Waals surface area contributed by atoms with Gasteiger partial charge in [-0.25, -0.2) is 4.98 Å². The van der Waals surface area contributed by atoms with Crippen molar-refractivity contribution in [2.24, 2.45) is 5.41 Å². The molecular weight excluding hydrogens is 196 g/mol. The summed E-state index contributed by atoms with van der Waals surface area (Å²) >= 11 is 0. The zero-order valence-corrected chi connectivity index (χ0v) is 11.5. The maximum atomic E-state index is 4.43. The van der Waals surface area contributed by atoms with Crippen molar-refractivity contribution < 1.29 is 0 Å². The largest absolute Gasteiger partial charge is 0.335 e. The molecular formula is C14H26N2. The number of unbranched alkanes of at least 4 members (excludes halogenated alkanes) is 1. The standard InChI is InChI=1S/C14H26N2/c1-12(2)16-10-13(15-11-16)8-6-7-9-14(3,4)5/h10-12H,6-9H2,1-5H3. The molecule has 2 heteroatoms. The van der Waals surface area contributed by atoms with Crippen molar-refractivity contribution in [1.82, 2.24) is 9.55 Å². The highest BCUT2D eigenvalue weighted by atomic mass is 15.0. The predicted molar refractivity (Wildman–Crippen MR) is 69.6 cm³/mol. The Morgan fingerprint density at radius 2 is 1.94 bits per heavy atom. The second kappa shape index (κ2) is 5.51. The Morgan fingerprint density at radius 1 is 1.25 bits per heavy atom. The van der Waals surface area contributed by atoms with Gasteiger partial charge < -0.3 is 4.57 Å². The number of nitrogens with zero attached hydrogens (tertiary/aromatic N) is 2. The second-order valence-corrected chi connectivity index (χ2v) is 6.17. The van der Waals surface area contributed by atoms with E-state index < -0.39 is 0 Å². The summed E-state index contributed by atoms with van der Waals surface area (Å²) in [6.45, 7) is 11.3.